The van der Waals surface area contributed by atoms with E-state index in [1.165, 1.54) is 4.70 Å². The number of thiophene rings is 1. The normalized spacial score (nSPS) is 18.0. The number of aromatic nitrogens is 1. The largest absolute Gasteiger partial charge is 0.390 e. The molecule has 2 aromatic heterocycles. The molecule has 0 aromatic carbocycles. The maximum Gasteiger partial charge on any atom is 0.137 e. The average Bonchev–Trinajstić information content (AvgIpc) is 2.96. The second kappa shape index (κ2) is 6.70. The fraction of sp³-hybridized carbons (Fsp3) is 0.533. The number of fused-ring (bicyclic) bond motifs is 1. The maximum absolute atomic E-state index is 10.3. The Labute approximate surface area is 128 Å². The molecule has 3 heterocycles. The summed E-state index contributed by atoms with van der Waals surface area (Å²) in [6.45, 7) is 4.60. The van der Waals surface area contributed by atoms with Crippen molar-refractivity contribution in [1.82, 2.24) is 9.88 Å². The molecule has 21 heavy (non-hydrogen) atoms. The number of pyridine rings is 1. The van der Waals surface area contributed by atoms with E-state index in [4.69, 9.17) is 4.74 Å². The highest BCUT2D eigenvalue weighted by Crippen LogP contribution is 2.27. The molecule has 0 radical (unpaired) electrons. The van der Waals surface area contributed by atoms with Crippen molar-refractivity contribution in [3.05, 3.63) is 23.7 Å². The van der Waals surface area contributed by atoms with Crippen molar-refractivity contribution in [2.45, 2.75) is 6.10 Å². The van der Waals surface area contributed by atoms with Gasteiger partial charge in [0.05, 0.1) is 19.3 Å². The molecule has 1 N–H and O–H groups in total. The molecule has 2 aromatic rings. The first-order chi connectivity index (χ1) is 10.2. The second-order valence-corrected chi connectivity index (χ2v) is 6.36. The first-order valence-corrected chi connectivity index (χ1v) is 8.13. The second-order valence-electron chi connectivity index (χ2n) is 5.41. The zero-order valence-corrected chi connectivity index (χ0v) is 13.1. The Balaban J connectivity index is 1.62. The van der Waals surface area contributed by atoms with Gasteiger partial charge < -0.3 is 14.7 Å². The van der Waals surface area contributed by atoms with Crippen LogP contribution in [0.2, 0.25) is 0 Å². The van der Waals surface area contributed by atoms with Crippen molar-refractivity contribution < 1.29 is 9.84 Å². The fourth-order valence-corrected chi connectivity index (χ4v) is 3.50. The minimum absolute atomic E-state index is 0.385. The Morgan fingerprint density at radius 3 is 3.05 bits per heavy atom. The summed E-state index contributed by atoms with van der Waals surface area (Å²) in [5, 5.41) is 13.5. The molecule has 0 amide bonds. The predicted molar refractivity (Wildman–Crippen MR) is 86.2 cm³/mol. The van der Waals surface area contributed by atoms with Gasteiger partial charge in [0.15, 0.2) is 0 Å². The first-order valence-electron chi connectivity index (χ1n) is 7.25. The summed E-state index contributed by atoms with van der Waals surface area (Å²) in [5.74, 6) is 0.940. The van der Waals surface area contributed by atoms with Crippen LogP contribution in [-0.2, 0) is 4.74 Å². The van der Waals surface area contributed by atoms with Crippen molar-refractivity contribution in [2.75, 3.05) is 51.3 Å². The molecule has 1 atom stereocenters. The summed E-state index contributed by atoms with van der Waals surface area (Å²) in [6.07, 6.45) is 1.45. The van der Waals surface area contributed by atoms with Crippen LogP contribution in [0.15, 0.2) is 23.7 Å². The number of ether oxygens (including phenoxy) is 1. The first kappa shape index (κ1) is 14.7. The topological polar surface area (TPSA) is 48.8 Å². The molecule has 3 rings (SSSR count). The quantitative estimate of drug-likeness (QED) is 0.905. The molecule has 114 valence electrons. The number of aliphatic hydroxyl groups is 1. The number of hydrogen-bond donors (Lipinski definition) is 1. The summed E-state index contributed by atoms with van der Waals surface area (Å²) in [6, 6.07) is 4.12. The van der Waals surface area contributed by atoms with Crippen LogP contribution < -0.4 is 4.90 Å². The summed E-state index contributed by atoms with van der Waals surface area (Å²) in [7, 11) is 1.99. The smallest absolute Gasteiger partial charge is 0.137 e. The third-order valence-electron chi connectivity index (χ3n) is 3.78. The number of nitrogens with zero attached hydrogens (tertiary/aromatic N) is 3. The summed E-state index contributed by atoms with van der Waals surface area (Å²) >= 11 is 1.71. The molecular formula is C15H21N3O2S. The highest BCUT2D eigenvalue weighted by atomic mass is 32.1. The third-order valence-corrected chi connectivity index (χ3v) is 4.66. The predicted octanol–water partition coefficient (Wildman–Crippen LogP) is 1.43. The number of hydrogen-bond acceptors (Lipinski definition) is 6. The van der Waals surface area contributed by atoms with Gasteiger partial charge in [0.25, 0.3) is 0 Å². The van der Waals surface area contributed by atoms with E-state index in [0.717, 1.165) is 37.5 Å². The van der Waals surface area contributed by atoms with Gasteiger partial charge in [0.1, 0.15) is 5.82 Å². The molecular weight excluding hydrogens is 286 g/mol. The van der Waals surface area contributed by atoms with Crippen molar-refractivity contribution in [2.24, 2.45) is 0 Å². The number of morpholine rings is 1. The Bertz CT molecular complexity index is 583. The van der Waals surface area contributed by atoms with Crippen LogP contribution in [0.25, 0.3) is 10.1 Å². The van der Waals surface area contributed by atoms with Crippen molar-refractivity contribution in [3.8, 4) is 0 Å². The van der Waals surface area contributed by atoms with E-state index in [-0.39, 0.29) is 6.10 Å². The van der Waals surface area contributed by atoms with Crippen LogP contribution in [0.1, 0.15) is 0 Å². The van der Waals surface area contributed by atoms with Gasteiger partial charge in [0, 0.05) is 49.5 Å². The molecule has 0 spiro atoms. The lowest BCUT2D eigenvalue weighted by atomic mass is 10.2. The molecule has 1 unspecified atom stereocenters. The minimum atomic E-state index is -0.385. The van der Waals surface area contributed by atoms with Crippen molar-refractivity contribution in [1.29, 1.82) is 0 Å². The standard InChI is InChI=1S/C15H21N3O2S/c1-17(10-12(19)11-18-5-7-20-8-6-18)15-13-3-9-21-14(13)2-4-16-15/h2-4,9,12,19H,5-8,10-11H2,1H3. The van der Waals surface area contributed by atoms with Gasteiger partial charge >= 0.3 is 0 Å². The molecule has 5 nitrogen and oxygen atoms in total. The molecule has 0 bridgehead atoms. The van der Waals surface area contributed by atoms with E-state index in [1.807, 2.05) is 24.2 Å². The van der Waals surface area contributed by atoms with Gasteiger partial charge in [-0.05, 0) is 17.5 Å². The number of anilines is 1. The minimum Gasteiger partial charge on any atom is -0.390 e. The monoisotopic (exact) mass is 307 g/mol. The number of aliphatic hydroxyl groups excluding tert-OH is 1. The van der Waals surface area contributed by atoms with Gasteiger partial charge in [-0.2, -0.15) is 0 Å². The summed E-state index contributed by atoms with van der Waals surface area (Å²) < 4.78 is 6.56. The zero-order valence-electron chi connectivity index (χ0n) is 12.2. The number of rotatable bonds is 5. The molecule has 6 heteroatoms. The van der Waals surface area contributed by atoms with Crippen LogP contribution >= 0.6 is 11.3 Å². The maximum atomic E-state index is 10.3. The average molecular weight is 307 g/mol. The molecule has 1 saturated heterocycles. The van der Waals surface area contributed by atoms with Crippen LogP contribution in [0.3, 0.4) is 0 Å². The molecule has 0 aliphatic carbocycles. The SMILES string of the molecule is CN(CC(O)CN1CCOCC1)c1nccc2sccc12. The van der Waals surface area contributed by atoms with Crippen molar-refractivity contribution in [3.63, 3.8) is 0 Å². The lowest BCUT2D eigenvalue weighted by molar-refractivity contribution is 0.0162. The lowest BCUT2D eigenvalue weighted by Gasteiger charge is -2.30. The third kappa shape index (κ3) is 3.52. The number of likely N-dealkylation sites (N-methyl/N-ethyl adjacent to an activating group) is 1. The van der Waals surface area contributed by atoms with Crippen molar-refractivity contribution >= 4 is 27.2 Å². The molecule has 1 aliphatic heterocycles. The number of β-amino-alcohol motifs (C(OH)–C–C–N with tert-alkyl or cyclic N) is 1. The highest BCUT2D eigenvalue weighted by molar-refractivity contribution is 7.17. The Morgan fingerprint density at radius 2 is 2.24 bits per heavy atom. The molecule has 1 fully saturated rings. The van der Waals surface area contributed by atoms with Crippen LogP contribution in [-0.4, -0.2) is 67.5 Å². The van der Waals surface area contributed by atoms with Gasteiger partial charge in [-0.15, -0.1) is 11.3 Å². The fourth-order valence-electron chi connectivity index (χ4n) is 2.73. The molecule has 0 saturated carbocycles. The van der Waals surface area contributed by atoms with Gasteiger partial charge in [0.2, 0.25) is 0 Å². The van der Waals surface area contributed by atoms with E-state index in [1.54, 1.807) is 11.3 Å². The zero-order chi connectivity index (χ0) is 14.7. The van der Waals surface area contributed by atoms with E-state index in [2.05, 4.69) is 21.3 Å². The summed E-state index contributed by atoms with van der Waals surface area (Å²) in [4.78, 5) is 8.76. The van der Waals surface area contributed by atoms with Crippen LogP contribution in [0.5, 0.6) is 0 Å². The molecule has 1 aliphatic rings. The highest BCUT2D eigenvalue weighted by Gasteiger charge is 2.17. The Morgan fingerprint density at radius 1 is 1.43 bits per heavy atom. The Kier molecular flexibility index (Phi) is 4.70. The van der Waals surface area contributed by atoms with E-state index >= 15 is 0 Å². The van der Waals surface area contributed by atoms with Crippen LogP contribution in [0.4, 0.5) is 5.82 Å². The van der Waals surface area contributed by atoms with E-state index < -0.39 is 0 Å². The van der Waals surface area contributed by atoms with Gasteiger partial charge in [-0.1, -0.05) is 0 Å². The van der Waals surface area contributed by atoms with Gasteiger partial charge in [-0.25, -0.2) is 4.98 Å². The Hall–Kier alpha value is -1.21. The van der Waals surface area contributed by atoms with Crippen LogP contribution in [0, 0.1) is 0 Å². The van der Waals surface area contributed by atoms with E-state index in [9.17, 15) is 5.11 Å². The van der Waals surface area contributed by atoms with E-state index in [0.29, 0.717) is 13.1 Å². The van der Waals surface area contributed by atoms with Gasteiger partial charge in [-0.3, -0.25) is 4.90 Å². The lowest BCUT2D eigenvalue weighted by Crippen LogP contribution is -2.44. The summed E-state index contributed by atoms with van der Waals surface area (Å²) in [5.41, 5.74) is 0.